The van der Waals surface area contributed by atoms with E-state index in [-0.39, 0.29) is 22.3 Å². The average molecular weight is 364 g/mol. The molecule has 2 aromatic rings. The zero-order chi connectivity index (χ0) is 18.2. The maximum absolute atomic E-state index is 12.6. The number of nitro groups is 1. The van der Waals surface area contributed by atoms with Crippen molar-refractivity contribution in [1.82, 2.24) is 9.55 Å². The number of hydrogen-bond donors (Lipinski definition) is 1. The van der Waals surface area contributed by atoms with Crippen molar-refractivity contribution in [2.24, 2.45) is 0 Å². The second kappa shape index (κ2) is 6.11. The summed E-state index contributed by atoms with van der Waals surface area (Å²) < 4.78 is 38.2. The van der Waals surface area contributed by atoms with Crippen LogP contribution in [0.1, 0.15) is 16.8 Å². The molecule has 0 amide bonds. The molecule has 0 atom stereocenters. The number of rotatable bonds is 3. The Morgan fingerprint density at radius 1 is 1.29 bits per heavy atom. The van der Waals surface area contributed by atoms with Gasteiger partial charge in [-0.25, -0.2) is 4.79 Å². The standard InChI is InChI=1S/C13H9ClF3N3O4/c1-6-7(2-8(20(23)24)3-9(6)14)5-19-11(21)4-10(13(15,16)17)18-12(19)22/h2-4H,5H2,1H3,(H,18,22). The third-order valence-corrected chi connectivity index (χ3v) is 3.69. The molecule has 0 aliphatic carbocycles. The third-order valence-electron chi connectivity index (χ3n) is 3.30. The minimum atomic E-state index is -4.87. The van der Waals surface area contributed by atoms with Crippen molar-refractivity contribution in [1.29, 1.82) is 0 Å². The molecule has 0 saturated heterocycles. The van der Waals surface area contributed by atoms with E-state index in [9.17, 15) is 32.9 Å². The van der Waals surface area contributed by atoms with Crippen molar-refractivity contribution >= 4 is 17.3 Å². The molecule has 0 aliphatic heterocycles. The number of hydrogen-bond acceptors (Lipinski definition) is 4. The van der Waals surface area contributed by atoms with Crippen LogP contribution in [0.2, 0.25) is 5.02 Å². The van der Waals surface area contributed by atoms with Gasteiger partial charge in [-0.15, -0.1) is 0 Å². The Labute approximate surface area is 136 Å². The van der Waals surface area contributed by atoms with Crippen molar-refractivity contribution in [2.75, 3.05) is 0 Å². The van der Waals surface area contributed by atoms with Crippen LogP contribution in [0.3, 0.4) is 0 Å². The summed E-state index contributed by atoms with van der Waals surface area (Å²) in [6.45, 7) is 1.05. The number of alkyl halides is 3. The average Bonchev–Trinajstić information content (AvgIpc) is 2.45. The molecule has 7 nitrogen and oxygen atoms in total. The molecule has 0 saturated carbocycles. The van der Waals surface area contributed by atoms with Crippen LogP contribution >= 0.6 is 11.6 Å². The Morgan fingerprint density at radius 2 is 1.92 bits per heavy atom. The first-order chi connectivity index (χ1) is 11.0. The van der Waals surface area contributed by atoms with E-state index in [0.717, 1.165) is 12.1 Å². The molecule has 2 rings (SSSR count). The van der Waals surface area contributed by atoms with Gasteiger partial charge in [-0.2, -0.15) is 13.2 Å². The van der Waals surface area contributed by atoms with Gasteiger partial charge < -0.3 is 4.98 Å². The molecule has 24 heavy (non-hydrogen) atoms. The van der Waals surface area contributed by atoms with Crippen LogP contribution in [0.25, 0.3) is 0 Å². The highest BCUT2D eigenvalue weighted by Gasteiger charge is 2.33. The number of aromatic amines is 1. The highest BCUT2D eigenvalue weighted by molar-refractivity contribution is 6.31. The number of halogens is 4. The fourth-order valence-corrected chi connectivity index (χ4v) is 2.22. The van der Waals surface area contributed by atoms with Crippen molar-refractivity contribution in [3.05, 3.63) is 71.0 Å². The number of nitrogens with one attached hydrogen (secondary N) is 1. The van der Waals surface area contributed by atoms with E-state index in [1.54, 1.807) is 4.98 Å². The summed E-state index contributed by atoms with van der Waals surface area (Å²) in [6, 6.07) is 2.45. The Hall–Kier alpha value is -2.62. The second-order valence-electron chi connectivity index (χ2n) is 4.88. The normalized spacial score (nSPS) is 11.5. The van der Waals surface area contributed by atoms with Crippen molar-refractivity contribution < 1.29 is 18.1 Å². The predicted molar refractivity (Wildman–Crippen MR) is 78.3 cm³/mol. The minimum absolute atomic E-state index is 0.0376. The van der Waals surface area contributed by atoms with Gasteiger partial charge in [0.25, 0.3) is 11.2 Å². The summed E-state index contributed by atoms with van der Waals surface area (Å²) in [5, 5.41) is 10.9. The molecule has 0 aliphatic rings. The van der Waals surface area contributed by atoms with Gasteiger partial charge >= 0.3 is 11.9 Å². The Morgan fingerprint density at radius 3 is 2.42 bits per heavy atom. The largest absolute Gasteiger partial charge is 0.431 e. The van der Waals surface area contributed by atoms with Gasteiger partial charge in [0, 0.05) is 18.2 Å². The van der Waals surface area contributed by atoms with E-state index in [2.05, 4.69) is 0 Å². The highest BCUT2D eigenvalue weighted by Crippen LogP contribution is 2.27. The van der Waals surface area contributed by atoms with Crippen molar-refractivity contribution in [3.8, 4) is 0 Å². The van der Waals surface area contributed by atoms with E-state index >= 15 is 0 Å². The lowest BCUT2D eigenvalue weighted by atomic mass is 10.1. The Bertz CT molecular complexity index is 902. The number of aromatic nitrogens is 2. The molecular formula is C13H9ClF3N3O4. The summed E-state index contributed by atoms with van der Waals surface area (Å²) >= 11 is 5.87. The fourth-order valence-electron chi connectivity index (χ4n) is 1.98. The fraction of sp³-hybridized carbons (Fsp3) is 0.231. The van der Waals surface area contributed by atoms with Crippen LogP contribution < -0.4 is 11.2 Å². The smallest absolute Gasteiger partial charge is 0.303 e. The molecule has 0 radical (unpaired) electrons. The van der Waals surface area contributed by atoms with Gasteiger partial charge in [-0.05, 0) is 18.1 Å². The van der Waals surface area contributed by atoms with Crippen LogP contribution in [-0.2, 0) is 12.7 Å². The van der Waals surface area contributed by atoms with Crippen molar-refractivity contribution in [2.45, 2.75) is 19.6 Å². The molecule has 128 valence electrons. The van der Waals surface area contributed by atoms with Gasteiger partial charge in [0.1, 0.15) is 5.69 Å². The summed E-state index contributed by atoms with van der Waals surface area (Å²) in [5.74, 6) is 0. The SMILES string of the molecule is Cc1c(Cl)cc([N+](=O)[O-])cc1Cn1c(=O)cc(C(F)(F)F)[nH]c1=O. The molecule has 0 bridgehead atoms. The highest BCUT2D eigenvalue weighted by atomic mass is 35.5. The number of non-ortho nitro benzene ring substituents is 1. The van der Waals surface area contributed by atoms with Gasteiger partial charge in [0.2, 0.25) is 0 Å². The topological polar surface area (TPSA) is 98.0 Å². The molecule has 1 heterocycles. The van der Waals surface area contributed by atoms with Gasteiger partial charge in [-0.1, -0.05) is 11.6 Å². The molecule has 0 fully saturated rings. The number of H-pyrrole nitrogens is 1. The lowest BCUT2D eigenvalue weighted by Crippen LogP contribution is -2.37. The molecule has 0 spiro atoms. The molecular weight excluding hydrogens is 355 g/mol. The molecule has 1 aromatic heterocycles. The van der Waals surface area contributed by atoms with Gasteiger partial charge in [0.05, 0.1) is 16.5 Å². The summed E-state index contributed by atoms with van der Waals surface area (Å²) in [5.41, 5.74) is -3.76. The minimum Gasteiger partial charge on any atom is -0.303 e. The van der Waals surface area contributed by atoms with Gasteiger partial charge in [-0.3, -0.25) is 19.5 Å². The van der Waals surface area contributed by atoms with Crippen molar-refractivity contribution in [3.63, 3.8) is 0 Å². The van der Waals surface area contributed by atoms with Crippen LogP contribution in [-0.4, -0.2) is 14.5 Å². The molecule has 1 N–H and O–H groups in total. The van der Waals surface area contributed by atoms with E-state index in [4.69, 9.17) is 11.6 Å². The monoisotopic (exact) mass is 363 g/mol. The van der Waals surface area contributed by atoms with E-state index in [1.165, 1.54) is 6.92 Å². The first kappa shape index (κ1) is 17.7. The Balaban J connectivity index is 2.56. The lowest BCUT2D eigenvalue weighted by molar-refractivity contribution is -0.384. The van der Waals surface area contributed by atoms with Crippen LogP contribution in [0.15, 0.2) is 27.8 Å². The zero-order valence-electron chi connectivity index (χ0n) is 12.0. The van der Waals surface area contributed by atoms with Crippen LogP contribution in [0.5, 0.6) is 0 Å². The predicted octanol–water partition coefficient (Wildman–Crippen LogP) is 2.47. The molecule has 11 heteroatoms. The Kier molecular flexibility index (Phi) is 4.52. The molecule has 0 unspecified atom stereocenters. The summed E-state index contributed by atoms with van der Waals surface area (Å²) in [6.07, 6.45) is -4.87. The third kappa shape index (κ3) is 3.48. The van der Waals surface area contributed by atoms with E-state index < -0.39 is 34.6 Å². The number of benzene rings is 1. The lowest BCUT2D eigenvalue weighted by Gasteiger charge is -2.11. The first-order valence-corrected chi connectivity index (χ1v) is 6.73. The zero-order valence-corrected chi connectivity index (χ0v) is 12.7. The number of nitrogens with zero attached hydrogens (tertiary/aromatic N) is 2. The first-order valence-electron chi connectivity index (χ1n) is 6.35. The second-order valence-corrected chi connectivity index (χ2v) is 5.29. The van der Waals surface area contributed by atoms with E-state index in [0.29, 0.717) is 10.1 Å². The van der Waals surface area contributed by atoms with Gasteiger partial charge in [0.15, 0.2) is 0 Å². The quantitative estimate of drug-likeness (QED) is 0.669. The summed E-state index contributed by atoms with van der Waals surface area (Å²) in [7, 11) is 0. The number of nitro benzene ring substituents is 1. The maximum atomic E-state index is 12.6. The maximum Gasteiger partial charge on any atom is 0.431 e. The van der Waals surface area contributed by atoms with Crippen LogP contribution in [0.4, 0.5) is 18.9 Å². The summed E-state index contributed by atoms with van der Waals surface area (Å²) in [4.78, 5) is 35.3. The molecule has 1 aromatic carbocycles. The van der Waals surface area contributed by atoms with Crippen LogP contribution in [0, 0.1) is 17.0 Å². The van der Waals surface area contributed by atoms with E-state index in [1.807, 2.05) is 0 Å².